The molecule has 110 valence electrons. The number of benzene rings is 1. The zero-order chi connectivity index (χ0) is 15.0. The normalized spacial score (nSPS) is 17.5. The van der Waals surface area contributed by atoms with Gasteiger partial charge in [0.25, 0.3) is 0 Å². The Hall–Kier alpha value is -0.630. The molecule has 1 saturated carbocycles. The number of carboxylic acids is 1. The van der Waals surface area contributed by atoms with Crippen LogP contribution in [0.1, 0.15) is 25.7 Å². The van der Waals surface area contributed by atoms with Crippen molar-refractivity contribution < 1.29 is 18.3 Å². The van der Waals surface area contributed by atoms with Crippen molar-refractivity contribution in [3.63, 3.8) is 0 Å². The molecule has 1 aromatic carbocycles. The Morgan fingerprint density at radius 3 is 2.55 bits per heavy atom. The Balaban J connectivity index is 2.26. The lowest BCUT2D eigenvalue weighted by Crippen LogP contribution is -2.54. The molecule has 0 radical (unpaired) electrons. The smallest absolute Gasteiger partial charge is 0.305 e. The van der Waals surface area contributed by atoms with Gasteiger partial charge in [-0.15, -0.1) is 0 Å². The van der Waals surface area contributed by atoms with Crippen LogP contribution >= 0.6 is 27.5 Å². The molecule has 0 bridgehead atoms. The van der Waals surface area contributed by atoms with E-state index in [1.807, 2.05) is 0 Å². The molecule has 0 aromatic heterocycles. The van der Waals surface area contributed by atoms with Crippen LogP contribution in [-0.4, -0.2) is 25.0 Å². The van der Waals surface area contributed by atoms with Gasteiger partial charge in [-0.3, -0.25) is 4.79 Å². The highest BCUT2D eigenvalue weighted by molar-refractivity contribution is 9.10. The molecule has 0 aliphatic heterocycles. The summed E-state index contributed by atoms with van der Waals surface area (Å²) in [4.78, 5) is 10.9. The molecule has 0 atom stereocenters. The molecule has 8 heteroatoms. The Bertz CT molecular complexity index is 643. The van der Waals surface area contributed by atoms with Crippen molar-refractivity contribution >= 4 is 43.5 Å². The monoisotopic (exact) mass is 381 g/mol. The molecule has 0 amide bonds. The Labute approximate surface area is 130 Å². The third-order valence-electron chi connectivity index (χ3n) is 3.35. The summed E-state index contributed by atoms with van der Waals surface area (Å²) < 4.78 is 27.6. The van der Waals surface area contributed by atoms with E-state index in [-0.39, 0.29) is 11.3 Å². The number of hydrogen-bond acceptors (Lipinski definition) is 3. The predicted octanol–water partition coefficient (Wildman–Crippen LogP) is 2.78. The maximum atomic E-state index is 12.3. The second-order valence-electron chi connectivity index (χ2n) is 4.89. The van der Waals surface area contributed by atoms with Crippen LogP contribution < -0.4 is 4.72 Å². The molecule has 0 heterocycles. The van der Waals surface area contributed by atoms with Gasteiger partial charge in [-0.05, 0) is 53.4 Å². The van der Waals surface area contributed by atoms with Crippen molar-refractivity contribution in [2.75, 3.05) is 0 Å². The summed E-state index contributed by atoms with van der Waals surface area (Å²) in [5, 5.41) is 9.31. The van der Waals surface area contributed by atoms with Crippen molar-refractivity contribution in [2.45, 2.75) is 36.1 Å². The molecular weight excluding hydrogens is 370 g/mol. The number of carbonyl (C=O) groups is 1. The molecule has 0 saturated heterocycles. The first-order chi connectivity index (χ1) is 9.24. The summed E-state index contributed by atoms with van der Waals surface area (Å²) in [7, 11) is -3.77. The van der Waals surface area contributed by atoms with Gasteiger partial charge in [-0.1, -0.05) is 11.6 Å². The molecule has 1 aromatic rings. The molecule has 0 unspecified atom stereocenters. The summed E-state index contributed by atoms with van der Waals surface area (Å²) in [5.41, 5.74) is -0.864. The molecular formula is C12H13BrClNO4S. The third-order valence-corrected chi connectivity index (χ3v) is 6.14. The van der Waals surface area contributed by atoms with Gasteiger partial charge in [0.15, 0.2) is 0 Å². The van der Waals surface area contributed by atoms with Crippen molar-refractivity contribution in [3.05, 3.63) is 27.7 Å². The zero-order valence-electron chi connectivity index (χ0n) is 10.4. The van der Waals surface area contributed by atoms with E-state index < -0.39 is 21.5 Å². The van der Waals surface area contributed by atoms with E-state index in [0.717, 1.165) is 6.42 Å². The summed E-state index contributed by atoms with van der Waals surface area (Å²) in [6.45, 7) is 0. The van der Waals surface area contributed by atoms with Crippen molar-refractivity contribution in [1.29, 1.82) is 0 Å². The van der Waals surface area contributed by atoms with E-state index in [1.54, 1.807) is 0 Å². The second-order valence-corrected chi connectivity index (χ2v) is 7.83. The fourth-order valence-corrected chi connectivity index (χ4v) is 4.33. The van der Waals surface area contributed by atoms with Gasteiger partial charge in [-0.2, -0.15) is 0 Å². The maximum Gasteiger partial charge on any atom is 0.305 e. The lowest BCUT2D eigenvalue weighted by atomic mass is 9.75. The zero-order valence-corrected chi connectivity index (χ0v) is 13.6. The Morgan fingerprint density at radius 1 is 1.45 bits per heavy atom. The molecule has 1 fully saturated rings. The highest BCUT2D eigenvalue weighted by Crippen LogP contribution is 2.36. The summed E-state index contributed by atoms with van der Waals surface area (Å²) in [6, 6.07) is 4.27. The largest absolute Gasteiger partial charge is 0.481 e. The quantitative estimate of drug-likeness (QED) is 0.820. The predicted molar refractivity (Wildman–Crippen MR) is 78.3 cm³/mol. The average molecular weight is 383 g/mol. The lowest BCUT2D eigenvalue weighted by Gasteiger charge is -2.40. The molecule has 2 rings (SSSR count). The third kappa shape index (κ3) is 3.33. The number of sulfonamides is 1. The van der Waals surface area contributed by atoms with Crippen LogP contribution in [0.15, 0.2) is 27.6 Å². The van der Waals surface area contributed by atoms with Gasteiger partial charge in [0, 0.05) is 10.0 Å². The lowest BCUT2D eigenvalue weighted by molar-refractivity contribution is -0.139. The van der Waals surface area contributed by atoms with E-state index in [2.05, 4.69) is 20.7 Å². The number of aliphatic carboxylic acids is 1. The molecule has 1 aliphatic rings. The van der Waals surface area contributed by atoms with Gasteiger partial charge in [0.05, 0.1) is 16.3 Å². The number of carboxylic acid groups (broad SMARTS) is 1. The van der Waals surface area contributed by atoms with Crippen molar-refractivity contribution in [3.8, 4) is 0 Å². The highest BCUT2D eigenvalue weighted by Gasteiger charge is 2.42. The first kappa shape index (κ1) is 15.8. The van der Waals surface area contributed by atoms with Crippen LogP contribution in [0.25, 0.3) is 0 Å². The average Bonchev–Trinajstić information content (AvgIpc) is 2.28. The van der Waals surface area contributed by atoms with E-state index >= 15 is 0 Å². The van der Waals surface area contributed by atoms with Gasteiger partial charge in [-0.25, -0.2) is 13.1 Å². The first-order valence-electron chi connectivity index (χ1n) is 5.95. The minimum atomic E-state index is -3.77. The van der Waals surface area contributed by atoms with Gasteiger partial charge in [0.1, 0.15) is 0 Å². The Morgan fingerprint density at radius 2 is 2.10 bits per heavy atom. The van der Waals surface area contributed by atoms with Crippen molar-refractivity contribution in [2.24, 2.45) is 0 Å². The summed E-state index contributed by atoms with van der Waals surface area (Å²) >= 11 is 9.00. The summed E-state index contributed by atoms with van der Waals surface area (Å²) in [6.07, 6.45) is 1.68. The number of rotatable bonds is 5. The van der Waals surface area contributed by atoms with E-state index in [0.29, 0.717) is 22.3 Å². The number of hydrogen-bond donors (Lipinski definition) is 2. The molecule has 2 N–H and O–H groups in total. The number of halogens is 2. The van der Waals surface area contributed by atoms with Crippen LogP contribution in [0.3, 0.4) is 0 Å². The van der Waals surface area contributed by atoms with Gasteiger partial charge >= 0.3 is 5.97 Å². The first-order valence-corrected chi connectivity index (χ1v) is 8.60. The SMILES string of the molecule is O=C(O)CC1(NS(=O)(=O)c2ccc(Cl)c(Br)c2)CCC1. The van der Waals surface area contributed by atoms with E-state index in [9.17, 15) is 13.2 Å². The topological polar surface area (TPSA) is 83.5 Å². The minimum Gasteiger partial charge on any atom is -0.481 e. The molecule has 20 heavy (non-hydrogen) atoms. The van der Waals surface area contributed by atoms with E-state index in [1.165, 1.54) is 18.2 Å². The van der Waals surface area contributed by atoms with Gasteiger partial charge < -0.3 is 5.11 Å². The van der Waals surface area contributed by atoms with Crippen LogP contribution in [0.2, 0.25) is 5.02 Å². The number of nitrogens with one attached hydrogen (secondary N) is 1. The van der Waals surface area contributed by atoms with Crippen LogP contribution in [0, 0.1) is 0 Å². The molecule has 0 spiro atoms. The molecule has 5 nitrogen and oxygen atoms in total. The van der Waals surface area contributed by atoms with Crippen LogP contribution in [0.4, 0.5) is 0 Å². The standard InChI is InChI=1S/C12H13BrClNO4S/c13-9-6-8(2-3-10(9)14)20(18,19)15-12(4-1-5-12)7-11(16)17/h2-3,6,15H,1,4-5,7H2,(H,16,17). The fraction of sp³-hybridized carbons (Fsp3) is 0.417. The van der Waals surface area contributed by atoms with Gasteiger partial charge in [0.2, 0.25) is 10.0 Å². The van der Waals surface area contributed by atoms with E-state index in [4.69, 9.17) is 16.7 Å². The van der Waals surface area contributed by atoms with Crippen LogP contribution in [0.5, 0.6) is 0 Å². The molecule has 1 aliphatic carbocycles. The Kier molecular flexibility index (Phi) is 4.44. The summed E-state index contributed by atoms with van der Waals surface area (Å²) in [5.74, 6) is -1.01. The fourth-order valence-electron chi connectivity index (χ4n) is 2.20. The van der Waals surface area contributed by atoms with Crippen LogP contribution in [-0.2, 0) is 14.8 Å². The maximum absolute atomic E-state index is 12.3. The second kappa shape index (κ2) is 5.63. The minimum absolute atomic E-state index is 0.0606. The van der Waals surface area contributed by atoms with Crippen molar-refractivity contribution in [1.82, 2.24) is 4.72 Å². The highest BCUT2D eigenvalue weighted by atomic mass is 79.9.